The van der Waals surface area contributed by atoms with E-state index in [1.54, 1.807) is 0 Å². The van der Waals surface area contributed by atoms with Gasteiger partial charge in [0.1, 0.15) is 6.10 Å². The van der Waals surface area contributed by atoms with E-state index in [4.69, 9.17) is 10.3 Å². The van der Waals surface area contributed by atoms with Gasteiger partial charge in [0.15, 0.2) is 5.82 Å². The van der Waals surface area contributed by atoms with E-state index < -0.39 is 6.10 Å². The maximum atomic E-state index is 9.51. The molecule has 0 aliphatic carbocycles. The van der Waals surface area contributed by atoms with E-state index in [9.17, 15) is 5.11 Å². The van der Waals surface area contributed by atoms with Gasteiger partial charge in [-0.15, -0.1) is 0 Å². The molecule has 14 heavy (non-hydrogen) atoms. The lowest BCUT2D eigenvalue weighted by atomic mass is 10.1. The fourth-order valence-electron chi connectivity index (χ4n) is 1.05. The Kier molecular flexibility index (Phi) is 4.03. The van der Waals surface area contributed by atoms with E-state index in [1.807, 2.05) is 6.92 Å². The van der Waals surface area contributed by atoms with Gasteiger partial charge < -0.3 is 15.4 Å². The summed E-state index contributed by atoms with van der Waals surface area (Å²) >= 11 is 0. The molecule has 0 saturated carbocycles. The van der Waals surface area contributed by atoms with E-state index in [0.29, 0.717) is 18.8 Å². The van der Waals surface area contributed by atoms with Crippen molar-refractivity contribution in [2.24, 2.45) is 5.73 Å². The highest BCUT2D eigenvalue weighted by molar-refractivity contribution is 4.95. The summed E-state index contributed by atoms with van der Waals surface area (Å²) in [5, 5.41) is 13.3. The van der Waals surface area contributed by atoms with E-state index in [0.717, 1.165) is 6.42 Å². The Morgan fingerprint density at radius 2 is 2.29 bits per heavy atom. The van der Waals surface area contributed by atoms with Gasteiger partial charge in [0.05, 0.1) is 0 Å². The normalized spacial score (nSPS) is 15.4. The summed E-state index contributed by atoms with van der Waals surface area (Å²) in [5.74, 6) is 1.18. The Labute approximate surface area is 83.3 Å². The van der Waals surface area contributed by atoms with Crippen LogP contribution in [0.1, 0.15) is 50.4 Å². The lowest BCUT2D eigenvalue weighted by Gasteiger charge is -2.02. The van der Waals surface area contributed by atoms with Gasteiger partial charge in [-0.25, -0.2) is 0 Å². The molecule has 1 aromatic heterocycles. The van der Waals surface area contributed by atoms with Crippen molar-refractivity contribution in [3.8, 4) is 0 Å². The highest BCUT2D eigenvalue weighted by Crippen LogP contribution is 2.19. The summed E-state index contributed by atoms with van der Waals surface area (Å²) in [6, 6.07) is 0. The summed E-state index contributed by atoms with van der Waals surface area (Å²) < 4.78 is 4.94. The predicted molar refractivity (Wildman–Crippen MR) is 51.6 cm³/mol. The predicted octanol–water partition coefficient (Wildman–Crippen LogP) is 0.965. The second kappa shape index (κ2) is 5.07. The maximum Gasteiger partial charge on any atom is 0.255 e. The fourth-order valence-corrected chi connectivity index (χ4v) is 1.05. The molecular formula is C9H17N3O2. The molecule has 0 saturated heterocycles. The highest BCUT2D eigenvalue weighted by atomic mass is 16.5. The molecule has 0 fully saturated rings. The van der Waals surface area contributed by atoms with Crippen LogP contribution in [0.4, 0.5) is 0 Å². The van der Waals surface area contributed by atoms with Crippen LogP contribution in [0.3, 0.4) is 0 Å². The number of rotatable bonds is 5. The van der Waals surface area contributed by atoms with Crippen LogP contribution in [-0.4, -0.2) is 21.8 Å². The molecule has 0 aromatic carbocycles. The molecule has 0 aliphatic heterocycles. The average molecular weight is 199 g/mol. The van der Waals surface area contributed by atoms with Crippen molar-refractivity contribution < 1.29 is 9.63 Å². The first-order valence-electron chi connectivity index (χ1n) is 4.90. The molecule has 1 rings (SSSR count). The summed E-state index contributed by atoms with van der Waals surface area (Å²) in [7, 11) is 0. The van der Waals surface area contributed by atoms with Crippen molar-refractivity contribution in [2.45, 2.75) is 38.7 Å². The van der Waals surface area contributed by atoms with Crippen LogP contribution in [0.25, 0.3) is 0 Å². The Balaban J connectivity index is 2.67. The van der Waals surface area contributed by atoms with E-state index in [-0.39, 0.29) is 11.8 Å². The van der Waals surface area contributed by atoms with E-state index in [1.165, 1.54) is 0 Å². The van der Waals surface area contributed by atoms with Crippen LogP contribution in [0.15, 0.2) is 4.52 Å². The first-order valence-corrected chi connectivity index (χ1v) is 4.90. The summed E-state index contributed by atoms with van der Waals surface area (Å²) in [6.45, 7) is 4.48. The lowest BCUT2D eigenvalue weighted by molar-refractivity contribution is 0.127. The Morgan fingerprint density at radius 1 is 1.57 bits per heavy atom. The quantitative estimate of drug-likeness (QED) is 0.737. The molecule has 0 radical (unpaired) electrons. The number of nitrogens with zero attached hydrogens (tertiary/aromatic N) is 2. The third-order valence-electron chi connectivity index (χ3n) is 2.24. The maximum absolute atomic E-state index is 9.51. The Morgan fingerprint density at radius 3 is 2.86 bits per heavy atom. The first-order chi connectivity index (χ1) is 6.69. The third kappa shape index (κ3) is 2.52. The van der Waals surface area contributed by atoms with Gasteiger partial charge in [-0.3, -0.25) is 0 Å². The zero-order valence-corrected chi connectivity index (χ0v) is 8.60. The average Bonchev–Trinajstić information content (AvgIpc) is 2.66. The molecule has 0 bridgehead atoms. The summed E-state index contributed by atoms with van der Waals surface area (Å²) in [4.78, 5) is 4.12. The zero-order valence-electron chi connectivity index (χ0n) is 8.60. The minimum atomic E-state index is -0.731. The standard InChI is InChI=1S/C9H17N3O2/c1-3-6(2)8-11-9(14-12-8)7(13)4-5-10/h6-7,13H,3-5,10H2,1-2H3. The van der Waals surface area contributed by atoms with Crippen LogP contribution in [0.5, 0.6) is 0 Å². The van der Waals surface area contributed by atoms with Crippen molar-refractivity contribution in [2.75, 3.05) is 6.54 Å². The van der Waals surface area contributed by atoms with Gasteiger partial charge in [-0.2, -0.15) is 4.98 Å². The van der Waals surface area contributed by atoms with Gasteiger partial charge in [0.25, 0.3) is 5.89 Å². The van der Waals surface area contributed by atoms with Crippen LogP contribution in [0.2, 0.25) is 0 Å². The van der Waals surface area contributed by atoms with Gasteiger partial charge in [-0.1, -0.05) is 19.0 Å². The van der Waals surface area contributed by atoms with Crippen LogP contribution < -0.4 is 5.73 Å². The zero-order chi connectivity index (χ0) is 10.6. The minimum Gasteiger partial charge on any atom is -0.383 e. The number of aliphatic hydroxyl groups excluding tert-OH is 1. The minimum absolute atomic E-state index is 0.262. The lowest BCUT2D eigenvalue weighted by Crippen LogP contribution is -2.07. The fraction of sp³-hybridized carbons (Fsp3) is 0.778. The molecule has 3 N–H and O–H groups in total. The molecule has 1 aromatic rings. The topological polar surface area (TPSA) is 85.2 Å². The van der Waals surface area contributed by atoms with Crippen molar-refractivity contribution in [1.29, 1.82) is 0 Å². The number of aliphatic hydroxyl groups is 1. The first kappa shape index (κ1) is 11.1. The third-order valence-corrected chi connectivity index (χ3v) is 2.24. The number of nitrogens with two attached hydrogens (primary N) is 1. The Bertz CT molecular complexity index is 275. The van der Waals surface area contributed by atoms with Crippen molar-refractivity contribution in [3.05, 3.63) is 11.7 Å². The largest absolute Gasteiger partial charge is 0.383 e. The summed E-state index contributed by atoms with van der Waals surface area (Å²) in [6.07, 6.45) is 0.666. The molecule has 5 nitrogen and oxygen atoms in total. The van der Waals surface area contributed by atoms with Gasteiger partial charge in [0.2, 0.25) is 0 Å². The summed E-state index contributed by atoms with van der Waals surface area (Å²) in [5.41, 5.74) is 5.31. The van der Waals surface area contributed by atoms with Crippen molar-refractivity contribution >= 4 is 0 Å². The molecule has 1 heterocycles. The number of hydrogen-bond acceptors (Lipinski definition) is 5. The smallest absolute Gasteiger partial charge is 0.255 e. The second-order valence-electron chi connectivity index (χ2n) is 3.39. The van der Waals surface area contributed by atoms with Gasteiger partial charge >= 0.3 is 0 Å². The molecule has 2 unspecified atom stereocenters. The molecule has 0 spiro atoms. The Hall–Kier alpha value is -0.940. The van der Waals surface area contributed by atoms with Gasteiger partial charge in [-0.05, 0) is 19.4 Å². The van der Waals surface area contributed by atoms with E-state index >= 15 is 0 Å². The monoisotopic (exact) mass is 199 g/mol. The van der Waals surface area contributed by atoms with Crippen LogP contribution >= 0.6 is 0 Å². The van der Waals surface area contributed by atoms with Crippen LogP contribution in [-0.2, 0) is 0 Å². The van der Waals surface area contributed by atoms with Crippen molar-refractivity contribution in [1.82, 2.24) is 10.1 Å². The second-order valence-corrected chi connectivity index (χ2v) is 3.39. The number of hydrogen-bond donors (Lipinski definition) is 2. The van der Waals surface area contributed by atoms with Crippen molar-refractivity contribution in [3.63, 3.8) is 0 Å². The highest BCUT2D eigenvalue weighted by Gasteiger charge is 2.17. The molecule has 80 valence electrons. The number of aromatic nitrogens is 2. The molecule has 0 aliphatic rings. The SMILES string of the molecule is CCC(C)c1noc(C(O)CCN)n1. The molecule has 2 atom stereocenters. The van der Waals surface area contributed by atoms with E-state index in [2.05, 4.69) is 17.1 Å². The molecule has 0 amide bonds. The van der Waals surface area contributed by atoms with Crippen LogP contribution in [0, 0.1) is 0 Å². The molecular weight excluding hydrogens is 182 g/mol. The molecule has 5 heteroatoms. The van der Waals surface area contributed by atoms with Gasteiger partial charge in [0, 0.05) is 5.92 Å².